The van der Waals surface area contributed by atoms with Crippen molar-refractivity contribution in [3.05, 3.63) is 34.9 Å². The van der Waals surface area contributed by atoms with E-state index in [2.05, 4.69) is 15.2 Å². The number of carbonyl (C=O) groups excluding carboxylic acids is 1. The van der Waals surface area contributed by atoms with Crippen LogP contribution in [0.5, 0.6) is 0 Å². The zero-order chi connectivity index (χ0) is 15.2. The summed E-state index contributed by atoms with van der Waals surface area (Å²) in [7, 11) is -0.899. The van der Waals surface area contributed by atoms with Crippen molar-refractivity contribution in [3.8, 4) is 0 Å². The fraction of sp³-hybridized carbons (Fsp3) is 0.273. The van der Waals surface area contributed by atoms with Crippen molar-refractivity contribution in [1.29, 1.82) is 0 Å². The molecule has 0 saturated carbocycles. The van der Waals surface area contributed by atoms with Crippen LogP contribution in [-0.2, 0) is 15.0 Å². The van der Waals surface area contributed by atoms with Gasteiger partial charge in [-0.1, -0.05) is 23.7 Å². The molecule has 20 heavy (non-hydrogen) atoms. The first kappa shape index (κ1) is 16.6. The van der Waals surface area contributed by atoms with Crippen molar-refractivity contribution < 1.29 is 13.2 Å². The van der Waals surface area contributed by atoms with Crippen LogP contribution in [0.15, 0.2) is 29.4 Å². The summed E-state index contributed by atoms with van der Waals surface area (Å²) in [6.45, 7) is -0.390. The Balaban J connectivity index is 2.42. The maximum Gasteiger partial charge on any atom is 0.279 e. The molecule has 0 aromatic heterocycles. The number of hydrogen-bond acceptors (Lipinski definition) is 4. The Kier molecular flexibility index (Phi) is 6.08. The summed E-state index contributed by atoms with van der Waals surface area (Å²) in [5.41, 5.74) is 2.96. The fourth-order valence-corrected chi connectivity index (χ4v) is 1.75. The van der Waals surface area contributed by atoms with Gasteiger partial charge in [0.05, 0.1) is 12.8 Å². The van der Waals surface area contributed by atoms with E-state index >= 15 is 0 Å². The third-order valence-corrected chi connectivity index (χ3v) is 3.89. The molecule has 1 aromatic rings. The van der Waals surface area contributed by atoms with Crippen LogP contribution in [0, 0.1) is 0 Å². The topological polar surface area (TPSA) is 90.9 Å². The van der Waals surface area contributed by atoms with Crippen molar-refractivity contribution in [1.82, 2.24) is 14.5 Å². The van der Waals surface area contributed by atoms with Gasteiger partial charge in [0, 0.05) is 19.1 Å². The molecule has 0 heterocycles. The molecular weight excluding hydrogens is 304 g/mol. The first-order valence-corrected chi connectivity index (χ1v) is 7.37. The molecule has 0 bridgehead atoms. The van der Waals surface area contributed by atoms with Crippen molar-refractivity contribution in [2.24, 2.45) is 5.10 Å². The summed E-state index contributed by atoms with van der Waals surface area (Å²) in [6, 6.07) is 6.84. The SMILES string of the molecule is CN(C)S(=O)(=O)NCC(=O)NN=Cc1ccc(Cl)cc1. The first-order chi connectivity index (χ1) is 9.31. The van der Waals surface area contributed by atoms with Gasteiger partial charge in [-0.2, -0.15) is 22.5 Å². The number of amides is 1. The summed E-state index contributed by atoms with van der Waals surface area (Å²) in [5.74, 6) is -0.569. The van der Waals surface area contributed by atoms with Crippen molar-refractivity contribution in [3.63, 3.8) is 0 Å². The molecule has 0 aliphatic rings. The lowest BCUT2D eigenvalue weighted by molar-refractivity contribution is -0.119. The van der Waals surface area contributed by atoms with Crippen molar-refractivity contribution in [2.75, 3.05) is 20.6 Å². The minimum absolute atomic E-state index is 0.390. The standard InChI is InChI=1S/C11H15ClN4O3S/c1-16(2)20(18,19)14-8-11(17)15-13-7-9-3-5-10(12)6-4-9/h3-7,14H,8H2,1-2H3,(H,15,17). The number of halogens is 1. The monoisotopic (exact) mass is 318 g/mol. The highest BCUT2D eigenvalue weighted by atomic mass is 35.5. The summed E-state index contributed by atoms with van der Waals surface area (Å²) >= 11 is 5.72. The molecule has 0 aliphatic heterocycles. The van der Waals surface area contributed by atoms with Gasteiger partial charge in [-0.25, -0.2) is 5.43 Å². The van der Waals surface area contributed by atoms with E-state index in [1.54, 1.807) is 24.3 Å². The van der Waals surface area contributed by atoms with Crippen molar-refractivity contribution >= 4 is 33.9 Å². The van der Waals surface area contributed by atoms with Crippen LogP contribution in [0.2, 0.25) is 5.02 Å². The third kappa shape index (κ3) is 5.66. The number of benzene rings is 1. The van der Waals surface area contributed by atoms with Gasteiger partial charge in [0.2, 0.25) is 0 Å². The number of rotatable bonds is 6. The molecule has 1 rings (SSSR count). The van der Waals surface area contributed by atoms with Gasteiger partial charge in [0.15, 0.2) is 0 Å². The number of hydrogen-bond donors (Lipinski definition) is 2. The molecule has 0 aliphatic carbocycles. The zero-order valence-electron chi connectivity index (χ0n) is 11.0. The molecule has 0 fully saturated rings. The molecule has 9 heteroatoms. The molecule has 0 saturated heterocycles. The van der Waals surface area contributed by atoms with Gasteiger partial charge in [0.1, 0.15) is 0 Å². The average Bonchev–Trinajstić information content (AvgIpc) is 2.39. The molecule has 110 valence electrons. The van der Waals surface area contributed by atoms with Crippen molar-refractivity contribution in [2.45, 2.75) is 0 Å². The number of carbonyl (C=O) groups is 1. The van der Waals surface area contributed by atoms with Crippen LogP contribution in [0.25, 0.3) is 0 Å². The predicted octanol–water partition coefficient (Wildman–Crippen LogP) is 0.186. The number of hydrazone groups is 1. The molecule has 0 unspecified atom stereocenters. The minimum Gasteiger partial charge on any atom is -0.272 e. The van der Waals surface area contributed by atoms with E-state index in [-0.39, 0.29) is 0 Å². The van der Waals surface area contributed by atoms with Crippen LogP contribution < -0.4 is 10.1 Å². The highest BCUT2D eigenvalue weighted by Gasteiger charge is 2.13. The molecule has 0 atom stereocenters. The van der Waals surface area contributed by atoms with E-state index in [1.165, 1.54) is 20.3 Å². The van der Waals surface area contributed by atoms with E-state index < -0.39 is 22.7 Å². The summed E-state index contributed by atoms with van der Waals surface area (Å²) in [4.78, 5) is 11.4. The van der Waals surface area contributed by atoms with Gasteiger partial charge in [-0.05, 0) is 17.7 Å². The van der Waals surface area contributed by atoms with Gasteiger partial charge >= 0.3 is 0 Å². The lowest BCUT2D eigenvalue weighted by Crippen LogP contribution is -2.41. The maximum atomic E-state index is 11.4. The number of nitrogens with zero attached hydrogens (tertiary/aromatic N) is 2. The molecule has 2 N–H and O–H groups in total. The third-order valence-electron chi connectivity index (χ3n) is 2.17. The van der Waals surface area contributed by atoms with Gasteiger partial charge in [-0.15, -0.1) is 0 Å². The van der Waals surface area contributed by atoms with Gasteiger partial charge in [0.25, 0.3) is 16.1 Å². The number of nitrogens with one attached hydrogen (secondary N) is 2. The minimum atomic E-state index is -3.62. The van der Waals surface area contributed by atoms with Crippen LogP contribution in [0.4, 0.5) is 0 Å². The predicted molar refractivity (Wildman–Crippen MR) is 77.8 cm³/mol. The zero-order valence-corrected chi connectivity index (χ0v) is 12.6. The Morgan fingerprint density at radius 3 is 2.50 bits per heavy atom. The molecule has 0 spiro atoms. The Hall–Kier alpha value is -1.48. The highest BCUT2D eigenvalue weighted by molar-refractivity contribution is 7.87. The summed E-state index contributed by atoms with van der Waals surface area (Å²) in [6.07, 6.45) is 1.43. The normalized spacial score (nSPS) is 12.0. The van der Waals surface area contributed by atoms with E-state index in [9.17, 15) is 13.2 Å². The summed E-state index contributed by atoms with van der Waals surface area (Å²) in [5, 5.41) is 4.30. The smallest absolute Gasteiger partial charge is 0.272 e. The maximum absolute atomic E-state index is 11.4. The molecule has 7 nitrogen and oxygen atoms in total. The Bertz CT molecular complexity index is 584. The van der Waals surface area contributed by atoms with Gasteiger partial charge in [-0.3, -0.25) is 4.79 Å². The quantitative estimate of drug-likeness (QED) is 0.579. The Morgan fingerprint density at radius 1 is 1.35 bits per heavy atom. The molecule has 1 aromatic carbocycles. The van der Waals surface area contributed by atoms with E-state index in [0.717, 1.165) is 9.87 Å². The van der Waals surface area contributed by atoms with Crippen LogP contribution in [-0.4, -0.2) is 45.5 Å². The molecule has 1 amide bonds. The second-order valence-corrected chi connectivity index (χ2v) is 6.36. The Morgan fingerprint density at radius 2 is 1.95 bits per heavy atom. The van der Waals surface area contributed by atoms with E-state index in [1.807, 2.05) is 0 Å². The molecular formula is C11H15ClN4O3S. The van der Waals surface area contributed by atoms with Gasteiger partial charge < -0.3 is 0 Å². The lowest BCUT2D eigenvalue weighted by atomic mass is 10.2. The largest absolute Gasteiger partial charge is 0.279 e. The van der Waals surface area contributed by atoms with Crippen LogP contribution in [0.1, 0.15) is 5.56 Å². The second kappa shape index (κ2) is 7.34. The van der Waals surface area contributed by atoms with E-state index in [0.29, 0.717) is 5.02 Å². The van der Waals surface area contributed by atoms with Crippen LogP contribution in [0.3, 0.4) is 0 Å². The second-order valence-electron chi connectivity index (χ2n) is 3.95. The Labute approximate surface area is 122 Å². The summed E-state index contributed by atoms with van der Waals surface area (Å²) < 4.78 is 25.8. The lowest BCUT2D eigenvalue weighted by Gasteiger charge is -2.11. The highest BCUT2D eigenvalue weighted by Crippen LogP contribution is 2.07. The first-order valence-electron chi connectivity index (χ1n) is 5.56. The molecule has 0 radical (unpaired) electrons. The van der Waals surface area contributed by atoms with E-state index in [4.69, 9.17) is 11.6 Å². The fourth-order valence-electron chi connectivity index (χ4n) is 1.05. The van der Waals surface area contributed by atoms with Crippen LogP contribution >= 0.6 is 11.6 Å². The average molecular weight is 319 g/mol.